The number of aliphatic hydroxyl groups excluding tert-OH is 4. The molecule has 27 heavy (non-hydrogen) atoms. The molecular weight excluding hydrogens is 388 g/mol. The molecule has 1 heterocycles. The molecule has 1 unspecified atom stereocenters. The number of rotatable bonds is 11. The maximum atomic E-state index is 11.6. The first-order chi connectivity index (χ1) is 12.6. The van der Waals surface area contributed by atoms with Gasteiger partial charge in [0.15, 0.2) is 6.29 Å². The van der Waals surface area contributed by atoms with Gasteiger partial charge in [0.2, 0.25) is 0 Å². The zero-order valence-electron chi connectivity index (χ0n) is 15.0. The zero-order valence-corrected chi connectivity index (χ0v) is 15.8. The molecule has 12 heteroatoms. The van der Waals surface area contributed by atoms with Crippen LogP contribution in [-0.4, -0.2) is 95.1 Å². The number of esters is 1. The summed E-state index contributed by atoms with van der Waals surface area (Å²) in [4.78, 5) is 11.6. The Hall–Kier alpha value is -0.860. The van der Waals surface area contributed by atoms with Crippen molar-refractivity contribution in [2.24, 2.45) is 0 Å². The molecule has 0 aromatic heterocycles. The summed E-state index contributed by atoms with van der Waals surface area (Å²) in [7, 11) is -4.79. The van der Waals surface area contributed by atoms with Crippen LogP contribution in [0.4, 0.5) is 0 Å². The van der Waals surface area contributed by atoms with Crippen molar-refractivity contribution in [2.45, 2.75) is 69.4 Å². The second-order valence-electron chi connectivity index (χ2n) is 6.32. The van der Waals surface area contributed by atoms with E-state index in [9.17, 15) is 38.2 Å². The summed E-state index contributed by atoms with van der Waals surface area (Å²) in [6, 6.07) is 0. The lowest BCUT2D eigenvalue weighted by Gasteiger charge is -2.41. The van der Waals surface area contributed by atoms with E-state index in [4.69, 9.17) is 14.2 Å². The molecule has 0 aromatic carbocycles. The molecule has 0 radical (unpaired) electrons. The topological polar surface area (TPSA) is 183 Å². The third-order valence-electron chi connectivity index (χ3n) is 3.98. The van der Waals surface area contributed by atoms with E-state index in [2.05, 4.69) is 0 Å². The quantitative estimate of drug-likeness (QED) is 0.164. The highest BCUT2D eigenvalue weighted by molar-refractivity contribution is 7.85. The van der Waals surface area contributed by atoms with Crippen LogP contribution in [0.1, 0.15) is 32.6 Å². The van der Waals surface area contributed by atoms with Crippen LogP contribution in [0.3, 0.4) is 0 Å². The average molecular weight is 415 g/mol. The number of hydrogen-bond donors (Lipinski definition) is 4. The Kier molecular flexibility index (Phi) is 10.0. The fourth-order valence-electron chi connectivity index (χ4n) is 2.47. The summed E-state index contributed by atoms with van der Waals surface area (Å²) in [6.45, 7) is 0.988. The smallest absolute Gasteiger partial charge is 0.305 e. The van der Waals surface area contributed by atoms with Crippen LogP contribution < -0.4 is 0 Å². The summed E-state index contributed by atoms with van der Waals surface area (Å²) < 4.78 is 47.9. The van der Waals surface area contributed by atoms with Crippen LogP contribution in [-0.2, 0) is 29.1 Å². The molecule has 11 nitrogen and oxygen atoms in total. The Morgan fingerprint density at radius 2 is 1.85 bits per heavy atom. The van der Waals surface area contributed by atoms with E-state index in [1.165, 1.54) is 0 Å². The van der Waals surface area contributed by atoms with E-state index in [1.807, 2.05) is 6.92 Å². The number of hydrogen-bond acceptors (Lipinski definition) is 11. The average Bonchev–Trinajstić information content (AvgIpc) is 2.59. The fraction of sp³-hybridized carbons (Fsp3) is 0.933. The van der Waals surface area contributed by atoms with Gasteiger partial charge in [-0.1, -0.05) is 19.8 Å². The number of unbranched alkanes of at least 4 members (excludes halogenated alkanes) is 2. The standard InChI is InChI=1S/C15H28O11S/c1-2-3-4-5-11(17)24-7-9(6-16)25-15-14(20)13(19)12(18)10(26-15)8-27(21,22)23/h9-10,12-16,18-20H,2-8H2,1H3,(H,21,22,23)/p-1/t9?,10-,12-,13+,14-,15-/m1/s1. The molecule has 1 aliphatic heterocycles. The highest BCUT2D eigenvalue weighted by Gasteiger charge is 2.45. The minimum atomic E-state index is -4.79. The maximum Gasteiger partial charge on any atom is 0.305 e. The van der Waals surface area contributed by atoms with Gasteiger partial charge in [0.05, 0.1) is 22.5 Å². The third-order valence-corrected chi connectivity index (χ3v) is 4.72. The third kappa shape index (κ3) is 8.35. The molecule has 0 aromatic rings. The van der Waals surface area contributed by atoms with Gasteiger partial charge in [-0.25, -0.2) is 8.42 Å². The molecule has 1 aliphatic rings. The molecule has 0 saturated carbocycles. The second-order valence-corrected chi connectivity index (χ2v) is 7.77. The van der Waals surface area contributed by atoms with Crippen molar-refractivity contribution < 1.29 is 52.4 Å². The van der Waals surface area contributed by atoms with E-state index in [0.29, 0.717) is 6.42 Å². The monoisotopic (exact) mass is 415 g/mol. The Morgan fingerprint density at radius 1 is 1.19 bits per heavy atom. The van der Waals surface area contributed by atoms with E-state index >= 15 is 0 Å². The van der Waals surface area contributed by atoms with Gasteiger partial charge in [0, 0.05) is 6.42 Å². The van der Waals surface area contributed by atoms with Gasteiger partial charge in [-0.3, -0.25) is 4.79 Å². The van der Waals surface area contributed by atoms with E-state index in [0.717, 1.165) is 12.8 Å². The lowest BCUT2D eigenvalue weighted by molar-refractivity contribution is -0.307. The molecule has 1 fully saturated rings. The Labute approximate surface area is 157 Å². The first kappa shape index (κ1) is 24.2. The van der Waals surface area contributed by atoms with Crippen molar-refractivity contribution in [1.29, 1.82) is 0 Å². The number of aliphatic hydroxyl groups is 4. The van der Waals surface area contributed by atoms with Gasteiger partial charge in [-0.05, 0) is 6.42 Å². The molecule has 1 saturated heterocycles. The minimum Gasteiger partial charge on any atom is -0.748 e. The molecule has 1 rings (SSSR count). The summed E-state index contributed by atoms with van der Waals surface area (Å²) in [5.74, 6) is -1.64. The van der Waals surface area contributed by atoms with Gasteiger partial charge in [0.1, 0.15) is 37.1 Å². The van der Waals surface area contributed by atoms with Gasteiger partial charge in [-0.15, -0.1) is 0 Å². The summed E-state index contributed by atoms with van der Waals surface area (Å²) in [5.41, 5.74) is 0. The number of carbonyl (C=O) groups excluding carboxylic acids is 1. The first-order valence-corrected chi connectivity index (χ1v) is 10.2. The molecule has 0 bridgehead atoms. The van der Waals surface area contributed by atoms with Crippen LogP contribution in [0.5, 0.6) is 0 Å². The molecule has 0 aliphatic carbocycles. The van der Waals surface area contributed by atoms with Crippen LogP contribution in [0, 0.1) is 0 Å². The molecular formula is C15H27O11S-. The van der Waals surface area contributed by atoms with Gasteiger partial charge in [0.25, 0.3) is 0 Å². The van der Waals surface area contributed by atoms with Crippen LogP contribution in [0.15, 0.2) is 0 Å². The lowest BCUT2D eigenvalue weighted by Crippen LogP contribution is -2.60. The number of carbonyl (C=O) groups is 1. The molecule has 4 N–H and O–H groups in total. The Balaban J connectivity index is 2.62. The van der Waals surface area contributed by atoms with Crippen molar-refractivity contribution in [2.75, 3.05) is 19.0 Å². The van der Waals surface area contributed by atoms with E-state index in [1.54, 1.807) is 0 Å². The Morgan fingerprint density at radius 3 is 2.41 bits per heavy atom. The number of ether oxygens (including phenoxy) is 3. The normalized spacial score (nSPS) is 30.1. The summed E-state index contributed by atoms with van der Waals surface area (Å²) in [6.07, 6.45) is -7.21. The maximum absolute atomic E-state index is 11.6. The largest absolute Gasteiger partial charge is 0.748 e. The summed E-state index contributed by atoms with van der Waals surface area (Å²) in [5, 5.41) is 38.8. The van der Waals surface area contributed by atoms with E-state index < -0.39 is 65.3 Å². The van der Waals surface area contributed by atoms with E-state index in [-0.39, 0.29) is 13.0 Å². The lowest BCUT2D eigenvalue weighted by atomic mass is 10.00. The van der Waals surface area contributed by atoms with Crippen molar-refractivity contribution in [1.82, 2.24) is 0 Å². The Bertz CT molecular complexity index is 552. The van der Waals surface area contributed by atoms with Gasteiger partial charge >= 0.3 is 5.97 Å². The first-order valence-electron chi connectivity index (χ1n) is 8.64. The van der Waals surface area contributed by atoms with Gasteiger partial charge in [-0.2, -0.15) is 0 Å². The van der Waals surface area contributed by atoms with Crippen molar-refractivity contribution in [3.63, 3.8) is 0 Å². The van der Waals surface area contributed by atoms with Crippen molar-refractivity contribution in [3.05, 3.63) is 0 Å². The van der Waals surface area contributed by atoms with Gasteiger partial charge < -0.3 is 39.2 Å². The molecule has 6 atom stereocenters. The molecule has 160 valence electrons. The second kappa shape index (κ2) is 11.2. The SMILES string of the molecule is CCCCCC(=O)OCC(CO)O[C@@H]1O[C@H](CS(=O)(=O)[O-])[C@@H](O)[C@H](O)[C@H]1O. The van der Waals surface area contributed by atoms with Crippen LogP contribution >= 0.6 is 0 Å². The highest BCUT2D eigenvalue weighted by atomic mass is 32.2. The highest BCUT2D eigenvalue weighted by Crippen LogP contribution is 2.24. The molecule has 0 amide bonds. The van der Waals surface area contributed by atoms with Crippen LogP contribution in [0.25, 0.3) is 0 Å². The van der Waals surface area contributed by atoms with Crippen molar-refractivity contribution in [3.8, 4) is 0 Å². The predicted molar refractivity (Wildman–Crippen MR) is 88.3 cm³/mol. The fourth-order valence-corrected chi connectivity index (χ4v) is 3.15. The van der Waals surface area contributed by atoms with Crippen molar-refractivity contribution >= 4 is 16.1 Å². The van der Waals surface area contributed by atoms with Crippen LogP contribution in [0.2, 0.25) is 0 Å². The summed E-state index contributed by atoms with van der Waals surface area (Å²) >= 11 is 0. The minimum absolute atomic E-state index is 0.197. The molecule has 0 spiro atoms. The predicted octanol–water partition coefficient (Wildman–Crippen LogP) is -2.16. The zero-order chi connectivity index (χ0) is 20.6.